The van der Waals surface area contributed by atoms with Crippen molar-refractivity contribution in [1.29, 1.82) is 0 Å². The lowest BCUT2D eigenvalue weighted by Gasteiger charge is -2.23. The van der Waals surface area contributed by atoms with Gasteiger partial charge in [0, 0.05) is 24.4 Å². The summed E-state index contributed by atoms with van der Waals surface area (Å²) in [6, 6.07) is 6.57. The van der Waals surface area contributed by atoms with Crippen molar-refractivity contribution in [2.24, 2.45) is 0 Å². The van der Waals surface area contributed by atoms with Gasteiger partial charge in [-0.1, -0.05) is 0 Å². The fraction of sp³-hybridized carbons (Fsp3) is 0.400. The van der Waals surface area contributed by atoms with Crippen molar-refractivity contribution in [3.8, 4) is 17.2 Å². The number of amides is 1. The van der Waals surface area contributed by atoms with Crippen LogP contribution in [0.5, 0.6) is 17.2 Å². The number of aromatic nitrogens is 1. The lowest BCUT2D eigenvalue weighted by molar-refractivity contribution is 0.102. The van der Waals surface area contributed by atoms with Gasteiger partial charge in [0.1, 0.15) is 22.8 Å². The first-order valence-electron chi connectivity index (χ1n) is 9.02. The molecule has 0 aliphatic carbocycles. The molecule has 0 unspecified atom stereocenters. The minimum Gasteiger partial charge on any atom is -0.497 e. The second-order valence-corrected chi connectivity index (χ2v) is 6.23. The van der Waals surface area contributed by atoms with E-state index in [0.29, 0.717) is 48.1 Å². The summed E-state index contributed by atoms with van der Waals surface area (Å²) in [5, 5.41) is 2.88. The topological polar surface area (TPSA) is 78.8 Å². The van der Waals surface area contributed by atoms with Crippen molar-refractivity contribution < 1.29 is 19.0 Å². The second kappa shape index (κ2) is 8.16. The summed E-state index contributed by atoms with van der Waals surface area (Å²) in [5.41, 5.74) is 1.48. The Hall–Kier alpha value is -2.96. The number of methoxy groups -OCH3 is 2. The Kier molecular flexibility index (Phi) is 5.69. The van der Waals surface area contributed by atoms with Crippen molar-refractivity contribution in [2.75, 3.05) is 26.1 Å². The lowest BCUT2D eigenvalue weighted by atomic mass is 10.0. The number of carbonyl (C=O) groups is 1. The largest absolute Gasteiger partial charge is 0.497 e. The van der Waals surface area contributed by atoms with Crippen molar-refractivity contribution in [3.05, 3.63) is 45.9 Å². The monoisotopic (exact) mass is 372 g/mol. The van der Waals surface area contributed by atoms with Crippen LogP contribution in [0.2, 0.25) is 0 Å². The van der Waals surface area contributed by atoms with E-state index in [1.165, 1.54) is 13.2 Å². The smallest absolute Gasteiger partial charge is 0.261 e. The molecule has 0 atom stereocenters. The summed E-state index contributed by atoms with van der Waals surface area (Å²) < 4.78 is 17.9. The first-order valence-corrected chi connectivity index (χ1v) is 9.02. The molecule has 0 spiro atoms. The quantitative estimate of drug-likeness (QED) is 0.844. The van der Waals surface area contributed by atoms with Crippen LogP contribution < -0.4 is 25.1 Å². The molecule has 7 nitrogen and oxygen atoms in total. The van der Waals surface area contributed by atoms with Crippen molar-refractivity contribution in [3.63, 3.8) is 0 Å². The molecule has 0 fully saturated rings. The highest BCUT2D eigenvalue weighted by Crippen LogP contribution is 2.31. The minimum absolute atomic E-state index is 0.135. The van der Waals surface area contributed by atoms with Crippen LogP contribution in [0.3, 0.4) is 0 Å². The lowest BCUT2D eigenvalue weighted by Crippen LogP contribution is -2.31. The van der Waals surface area contributed by atoms with E-state index in [1.54, 1.807) is 29.9 Å². The first-order chi connectivity index (χ1) is 13.1. The maximum atomic E-state index is 13.2. The number of hydrogen-bond acceptors (Lipinski definition) is 5. The van der Waals surface area contributed by atoms with Gasteiger partial charge < -0.3 is 24.1 Å². The van der Waals surface area contributed by atoms with Crippen LogP contribution in [0.1, 0.15) is 35.8 Å². The first kappa shape index (κ1) is 18.8. The van der Waals surface area contributed by atoms with Gasteiger partial charge in [-0.3, -0.25) is 9.59 Å². The third-order valence-corrected chi connectivity index (χ3v) is 4.61. The summed E-state index contributed by atoms with van der Waals surface area (Å²) in [6.45, 7) is 2.80. The van der Waals surface area contributed by atoms with Gasteiger partial charge in [-0.05, 0) is 38.3 Å². The molecule has 2 aromatic rings. The van der Waals surface area contributed by atoms with Gasteiger partial charge in [0.2, 0.25) is 0 Å². The Morgan fingerprint density at radius 2 is 1.96 bits per heavy atom. The van der Waals surface area contributed by atoms with Crippen LogP contribution in [0.15, 0.2) is 29.1 Å². The second-order valence-electron chi connectivity index (χ2n) is 6.23. The van der Waals surface area contributed by atoms with E-state index < -0.39 is 0 Å². The molecule has 1 aliphatic heterocycles. The Balaban J connectivity index is 2.05. The van der Waals surface area contributed by atoms with E-state index in [2.05, 4.69) is 5.32 Å². The Morgan fingerprint density at radius 3 is 2.67 bits per heavy atom. The molecular weight excluding hydrogens is 348 g/mol. The molecule has 1 aromatic heterocycles. The summed E-state index contributed by atoms with van der Waals surface area (Å²) in [6.07, 6.45) is 2.51. The number of anilines is 1. The summed E-state index contributed by atoms with van der Waals surface area (Å²) >= 11 is 0. The molecular formula is C20H24N2O5. The van der Waals surface area contributed by atoms with Gasteiger partial charge >= 0.3 is 0 Å². The normalized spacial score (nSPS) is 12.9. The third kappa shape index (κ3) is 3.77. The van der Waals surface area contributed by atoms with Crippen molar-refractivity contribution in [2.45, 2.75) is 32.7 Å². The number of hydrogen-bond donors (Lipinski definition) is 1. The number of nitrogens with one attached hydrogen (secondary N) is 1. The summed E-state index contributed by atoms with van der Waals surface area (Å²) in [4.78, 5) is 25.5. The van der Waals surface area contributed by atoms with Gasteiger partial charge in [-0.25, -0.2) is 0 Å². The Bertz CT molecular complexity index is 904. The maximum absolute atomic E-state index is 13.2. The number of nitrogens with zero attached hydrogens (tertiary/aromatic N) is 1. The zero-order valence-corrected chi connectivity index (χ0v) is 15.8. The Labute approximate surface area is 157 Å². The van der Waals surface area contributed by atoms with Crippen LogP contribution in [0.4, 0.5) is 5.69 Å². The molecule has 7 heteroatoms. The van der Waals surface area contributed by atoms with Gasteiger partial charge in [0.15, 0.2) is 0 Å². The molecule has 1 N–H and O–H groups in total. The highest BCUT2D eigenvalue weighted by atomic mass is 16.5. The summed E-state index contributed by atoms with van der Waals surface area (Å²) in [7, 11) is 3.09. The van der Waals surface area contributed by atoms with Gasteiger partial charge in [0.05, 0.1) is 26.5 Å². The Morgan fingerprint density at radius 1 is 1.15 bits per heavy atom. The summed E-state index contributed by atoms with van der Waals surface area (Å²) in [5.74, 6) is 1.09. The van der Waals surface area contributed by atoms with Crippen LogP contribution >= 0.6 is 0 Å². The molecule has 0 saturated carbocycles. The van der Waals surface area contributed by atoms with E-state index in [-0.39, 0.29) is 11.5 Å². The van der Waals surface area contributed by atoms with Crippen molar-refractivity contribution >= 4 is 11.6 Å². The fourth-order valence-corrected chi connectivity index (χ4v) is 3.35. The molecule has 27 heavy (non-hydrogen) atoms. The SMILES string of the molecule is CCOc1cc(=O)n2c(c1C(=O)Nc1cc(OC)ccc1OC)CCCC2. The predicted molar refractivity (Wildman–Crippen MR) is 102 cm³/mol. The highest BCUT2D eigenvalue weighted by molar-refractivity contribution is 6.07. The fourth-order valence-electron chi connectivity index (χ4n) is 3.35. The minimum atomic E-state index is -0.337. The molecule has 144 valence electrons. The molecule has 3 rings (SSSR count). The van der Waals surface area contributed by atoms with E-state index in [0.717, 1.165) is 18.5 Å². The van der Waals surface area contributed by atoms with Crippen molar-refractivity contribution in [1.82, 2.24) is 4.57 Å². The number of fused-ring (bicyclic) bond motifs is 1. The van der Waals surface area contributed by atoms with Crippen LogP contribution in [0.25, 0.3) is 0 Å². The van der Waals surface area contributed by atoms with E-state index in [1.807, 2.05) is 6.92 Å². The number of benzene rings is 1. The predicted octanol–water partition coefficient (Wildman–Crippen LogP) is 2.85. The molecule has 0 bridgehead atoms. The number of carbonyl (C=O) groups excluding carboxylic acids is 1. The third-order valence-electron chi connectivity index (χ3n) is 4.61. The number of ether oxygens (including phenoxy) is 3. The molecule has 1 aliphatic rings. The zero-order chi connectivity index (χ0) is 19.4. The van der Waals surface area contributed by atoms with Crippen LogP contribution in [-0.2, 0) is 13.0 Å². The van der Waals surface area contributed by atoms with Gasteiger partial charge in [-0.15, -0.1) is 0 Å². The van der Waals surface area contributed by atoms with Gasteiger partial charge in [0.25, 0.3) is 11.5 Å². The average Bonchev–Trinajstić information content (AvgIpc) is 2.68. The highest BCUT2D eigenvalue weighted by Gasteiger charge is 2.25. The van der Waals surface area contributed by atoms with Crippen LogP contribution in [-0.4, -0.2) is 31.3 Å². The van der Waals surface area contributed by atoms with Gasteiger partial charge in [-0.2, -0.15) is 0 Å². The molecule has 2 heterocycles. The van der Waals surface area contributed by atoms with E-state index >= 15 is 0 Å². The standard InChI is InChI=1S/C20H24N2O5/c1-4-27-17-12-18(23)22-10-6-5-7-15(22)19(17)20(24)21-14-11-13(25-2)8-9-16(14)26-3/h8-9,11-12H,4-7,10H2,1-3H3,(H,21,24). The van der Waals surface area contributed by atoms with E-state index in [4.69, 9.17) is 14.2 Å². The average molecular weight is 372 g/mol. The molecule has 1 aromatic carbocycles. The maximum Gasteiger partial charge on any atom is 0.261 e. The zero-order valence-electron chi connectivity index (χ0n) is 15.8. The molecule has 1 amide bonds. The number of pyridine rings is 1. The van der Waals surface area contributed by atoms with Crippen LogP contribution in [0, 0.1) is 0 Å². The van der Waals surface area contributed by atoms with E-state index in [9.17, 15) is 9.59 Å². The number of rotatable bonds is 6. The molecule has 0 radical (unpaired) electrons. The molecule has 0 saturated heterocycles.